The van der Waals surface area contributed by atoms with Gasteiger partial charge in [-0.15, -0.1) is 0 Å². The predicted octanol–water partition coefficient (Wildman–Crippen LogP) is 3.00. The number of halogens is 1. The number of nitrogens with zero attached hydrogens (tertiary/aromatic N) is 1. The van der Waals surface area contributed by atoms with Gasteiger partial charge in [0.05, 0.1) is 14.2 Å². The summed E-state index contributed by atoms with van der Waals surface area (Å²) in [5.41, 5.74) is 0.367. The van der Waals surface area contributed by atoms with Crippen LogP contribution in [0, 0.1) is 5.82 Å². The Morgan fingerprint density at radius 3 is 1.92 bits per heavy atom. The monoisotopic (exact) mass is 491 g/mol. The van der Waals surface area contributed by atoms with Gasteiger partial charge in [0.1, 0.15) is 23.9 Å². The lowest BCUT2D eigenvalue weighted by atomic mass is 9.82. The molecular formula is C27H26FN3O5. The van der Waals surface area contributed by atoms with Gasteiger partial charge in [0, 0.05) is 6.54 Å². The minimum atomic E-state index is -1.52. The van der Waals surface area contributed by atoms with Crippen LogP contribution in [0.4, 0.5) is 9.18 Å². The van der Waals surface area contributed by atoms with E-state index in [9.17, 15) is 18.8 Å². The highest BCUT2D eigenvalue weighted by Crippen LogP contribution is 2.37. The fraction of sp³-hybridized carbons (Fsp3) is 0.222. The average molecular weight is 492 g/mol. The van der Waals surface area contributed by atoms with Gasteiger partial charge in [-0.05, 0) is 59.5 Å². The molecular weight excluding hydrogens is 465 g/mol. The zero-order valence-electron chi connectivity index (χ0n) is 19.9. The first-order valence-corrected chi connectivity index (χ1v) is 11.3. The minimum absolute atomic E-state index is 0.274. The molecule has 0 unspecified atom stereocenters. The van der Waals surface area contributed by atoms with Crippen molar-refractivity contribution >= 4 is 17.8 Å². The molecule has 9 heteroatoms. The first kappa shape index (κ1) is 24.7. The Morgan fingerprint density at radius 1 is 0.889 bits per heavy atom. The number of hydrogen-bond donors (Lipinski definition) is 2. The summed E-state index contributed by atoms with van der Waals surface area (Å²) in [6.07, 6.45) is 0.480. The molecule has 0 radical (unpaired) electrons. The van der Waals surface area contributed by atoms with Crippen LogP contribution in [0.3, 0.4) is 0 Å². The molecule has 1 aliphatic rings. The summed E-state index contributed by atoms with van der Waals surface area (Å²) in [6, 6.07) is 18.9. The van der Waals surface area contributed by atoms with E-state index in [1.165, 1.54) is 26.4 Å². The van der Waals surface area contributed by atoms with Crippen molar-refractivity contribution < 1.29 is 28.2 Å². The Balaban J connectivity index is 1.55. The molecule has 0 atom stereocenters. The van der Waals surface area contributed by atoms with Gasteiger partial charge in [-0.2, -0.15) is 0 Å². The fourth-order valence-electron chi connectivity index (χ4n) is 4.16. The number of amides is 4. The number of hydrogen-bond acceptors (Lipinski definition) is 5. The van der Waals surface area contributed by atoms with E-state index in [4.69, 9.17) is 9.47 Å². The van der Waals surface area contributed by atoms with E-state index in [-0.39, 0.29) is 12.4 Å². The number of imide groups is 1. The Labute approximate surface area is 208 Å². The van der Waals surface area contributed by atoms with Crippen LogP contribution in [-0.4, -0.2) is 50.1 Å². The predicted molar refractivity (Wildman–Crippen MR) is 130 cm³/mol. The van der Waals surface area contributed by atoms with Crippen molar-refractivity contribution in [1.29, 1.82) is 0 Å². The van der Waals surface area contributed by atoms with Gasteiger partial charge < -0.3 is 20.1 Å². The Kier molecular flexibility index (Phi) is 7.19. The zero-order valence-corrected chi connectivity index (χ0v) is 19.9. The Morgan fingerprint density at radius 2 is 1.42 bits per heavy atom. The van der Waals surface area contributed by atoms with Crippen LogP contribution in [0.2, 0.25) is 0 Å². The summed E-state index contributed by atoms with van der Waals surface area (Å²) in [5, 5.41) is 5.52. The zero-order chi connectivity index (χ0) is 25.7. The number of ether oxygens (including phenoxy) is 2. The van der Waals surface area contributed by atoms with Crippen LogP contribution in [0.5, 0.6) is 11.5 Å². The van der Waals surface area contributed by atoms with Crippen molar-refractivity contribution in [1.82, 2.24) is 15.5 Å². The smallest absolute Gasteiger partial charge is 0.326 e. The van der Waals surface area contributed by atoms with Crippen LogP contribution in [-0.2, 0) is 21.5 Å². The highest BCUT2D eigenvalue weighted by Gasteiger charge is 2.54. The van der Waals surface area contributed by atoms with E-state index in [0.29, 0.717) is 29.0 Å². The molecule has 1 aliphatic heterocycles. The summed E-state index contributed by atoms with van der Waals surface area (Å²) in [7, 11) is 3.07. The van der Waals surface area contributed by atoms with Gasteiger partial charge in [-0.25, -0.2) is 9.18 Å². The number of rotatable bonds is 9. The topological polar surface area (TPSA) is 97.0 Å². The second kappa shape index (κ2) is 10.5. The molecule has 36 heavy (non-hydrogen) atoms. The first-order chi connectivity index (χ1) is 17.4. The maximum atomic E-state index is 13.8. The molecule has 186 valence electrons. The third kappa shape index (κ3) is 4.86. The lowest BCUT2D eigenvalue weighted by Gasteiger charge is -2.28. The number of carbonyl (C=O) groups excluding carboxylic acids is 3. The lowest BCUT2D eigenvalue weighted by Crippen LogP contribution is -2.46. The Bertz CT molecular complexity index is 1200. The van der Waals surface area contributed by atoms with Crippen molar-refractivity contribution in [3.05, 3.63) is 95.3 Å². The third-order valence-corrected chi connectivity index (χ3v) is 6.10. The SMILES string of the molecule is COc1ccc(C2(c3ccc(OC)cc3)NC(=O)N(CC(=O)NCCc3ccc(F)cc3)C2=O)cc1. The molecule has 1 fully saturated rings. The molecule has 2 N–H and O–H groups in total. The number of nitrogens with one attached hydrogen (secondary N) is 2. The second-order valence-corrected chi connectivity index (χ2v) is 8.25. The van der Waals surface area contributed by atoms with E-state index >= 15 is 0 Å². The van der Waals surface area contributed by atoms with Gasteiger partial charge in [0.2, 0.25) is 5.91 Å². The summed E-state index contributed by atoms with van der Waals surface area (Å²) >= 11 is 0. The van der Waals surface area contributed by atoms with Gasteiger partial charge in [-0.1, -0.05) is 36.4 Å². The molecule has 0 saturated carbocycles. The number of methoxy groups -OCH3 is 2. The van der Waals surface area contributed by atoms with E-state index < -0.39 is 29.9 Å². The molecule has 4 rings (SSSR count). The average Bonchev–Trinajstić information content (AvgIpc) is 3.15. The molecule has 3 aromatic carbocycles. The Hall–Kier alpha value is -4.40. The maximum Gasteiger partial charge on any atom is 0.326 e. The summed E-state index contributed by atoms with van der Waals surface area (Å²) in [6.45, 7) is -0.168. The molecule has 8 nitrogen and oxygen atoms in total. The van der Waals surface area contributed by atoms with Crippen molar-refractivity contribution in [2.24, 2.45) is 0 Å². The highest BCUT2D eigenvalue weighted by molar-refractivity contribution is 6.11. The van der Waals surface area contributed by atoms with Gasteiger partial charge >= 0.3 is 6.03 Å². The summed E-state index contributed by atoms with van der Waals surface area (Å²) in [4.78, 5) is 40.3. The van der Waals surface area contributed by atoms with E-state index in [1.807, 2.05) is 0 Å². The van der Waals surface area contributed by atoms with E-state index in [0.717, 1.165) is 10.5 Å². The van der Waals surface area contributed by atoms with Crippen LogP contribution < -0.4 is 20.1 Å². The lowest BCUT2D eigenvalue weighted by molar-refractivity contribution is -0.134. The molecule has 0 bridgehead atoms. The molecule has 0 spiro atoms. The fourth-order valence-corrected chi connectivity index (χ4v) is 4.16. The normalized spacial score (nSPS) is 14.4. The minimum Gasteiger partial charge on any atom is -0.497 e. The largest absolute Gasteiger partial charge is 0.497 e. The molecule has 0 aliphatic carbocycles. The molecule has 1 heterocycles. The van der Waals surface area contributed by atoms with Crippen LogP contribution in [0.1, 0.15) is 16.7 Å². The van der Waals surface area contributed by atoms with Crippen molar-refractivity contribution in [2.75, 3.05) is 27.3 Å². The van der Waals surface area contributed by atoms with Gasteiger partial charge in [0.15, 0.2) is 5.54 Å². The number of urea groups is 1. The van der Waals surface area contributed by atoms with Crippen molar-refractivity contribution in [3.63, 3.8) is 0 Å². The van der Waals surface area contributed by atoms with Gasteiger partial charge in [-0.3, -0.25) is 14.5 Å². The van der Waals surface area contributed by atoms with E-state index in [2.05, 4.69) is 10.6 Å². The van der Waals surface area contributed by atoms with Crippen molar-refractivity contribution in [3.8, 4) is 11.5 Å². The molecule has 0 aromatic heterocycles. The van der Waals surface area contributed by atoms with Crippen LogP contribution in [0.15, 0.2) is 72.8 Å². The summed E-state index contributed by atoms with van der Waals surface area (Å²) < 4.78 is 23.5. The standard InChI is InChI=1S/C27H26FN3O5/c1-35-22-11-5-19(6-12-22)27(20-7-13-23(36-2)14-8-20)25(33)31(26(34)30-27)17-24(32)29-16-15-18-3-9-21(28)10-4-18/h3-14H,15-17H2,1-2H3,(H,29,32)(H,30,34). The number of carbonyl (C=O) groups is 3. The van der Waals surface area contributed by atoms with Gasteiger partial charge in [0.25, 0.3) is 5.91 Å². The van der Waals surface area contributed by atoms with Crippen molar-refractivity contribution in [2.45, 2.75) is 12.0 Å². The quantitative estimate of drug-likeness (QED) is 0.449. The van der Waals surface area contributed by atoms with Crippen LogP contribution in [0.25, 0.3) is 0 Å². The van der Waals surface area contributed by atoms with E-state index in [1.54, 1.807) is 60.7 Å². The molecule has 1 saturated heterocycles. The number of benzene rings is 3. The maximum absolute atomic E-state index is 13.8. The summed E-state index contributed by atoms with van der Waals surface area (Å²) in [5.74, 6) is -0.202. The highest BCUT2D eigenvalue weighted by atomic mass is 19.1. The first-order valence-electron chi connectivity index (χ1n) is 11.3. The third-order valence-electron chi connectivity index (χ3n) is 6.10. The second-order valence-electron chi connectivity index (χ2n) is 8.25. The molecule has 4 amide bonds. The molecule has 3 aromatic rings. The van der Waals surface area contributed by atoms with Crippen LogP contribution >= 0.6 is 0 Å².